The SMILES string of the molecule is CCC[C@@H](NC(=O)OCC1c2ccccc2-c2ccccc21)C(=O)N[C@@H]1CCC[C@H]1CC(=O)O. The van der Waals surface area contributed by atoms with Gasteiger partial charge in [0.25, 0.3) is 0 Å². The van der Waals surface area contributed by atoms with Gasteiger partial charge in [-0.3, -0.25) is 9.59 Å². The van der Waals surface area contributed by atoms with Gasteiger partial charge in [0.15, 0.2) is 0 Å². The van der Waals surface area contributed by atoms with E-state index >= 15 is 0 Å². The zero-order valence-electron chi connectivity index (χ0n) is 19.5. The van der Waals surface area contributed by atoms with Crippen molar-refractivity contribution >= 4 is 18.0 Å². The molecule has 180 valence electrons. The smallest absolute Gasteiger partial charge is 0.407 e. The number of ether oxygens (including phenoxy) is 1. The van der Waals surface area contributed by atoms with Gasteiger partial charge < -0.3 is 20.5 Å². The first-order valence-electron chi connectivity index (χ1n) is 12.1. The Balaban J connectivity index is 1.36. The van der Waals surface area contributed by atoms with Crippen LogP contribution in [0.4, 0.5) is 4.79 Å². The highest BCUT2D eigenvalue weighted by atomic mass is 16.5. The second-order valence-corrected chi connectivity index (χ2v) is 9.22. The molecule has 2 aromatic rings. The van der Waals surface area contributed by atoms with Gasteiger partial charge in [-0.2, -0.15) is 0 Å². The third-order valence-corrected chi connectivity index (χ3v) is 6.95. The molecule has 4 rings (SSSR count). The summed E-state index contributed by atoms with van der Waals surface area (Å²) in [6, 6.07) is 15.4. The van der Waals surface area contributed by atoms with E-state index in [-0.39, 0.29) is 36.8 Å². The highest BCUT2D eigenvalue weighted by molar-refractivity contribution is 5.86. The van der Waals surface area contributed by atoms with Crippen molar-refractivity contribution in [2.75, 3.05) is 6.61 Å². The maximum Gasteiger partial charge on any atom is 0.407 e. The number of hydrogen-bond donors (Lipinski definition) is 3. The predicted molar refractivity (Wildman–Crippen MR) is 128 cm³/mol. The van der Waals surface area contributed by atoms with Crippen LogP contribution in [0.1, 0.15) is 62.5 Å². The Morgan fingerprint density at radius 1 is 1.03 bits per heavy atom. The molecule has 3 atom stereocenters. The topological polar surface area (TPSA) is 105 Å². The molecule has 2 aliphatic rings. The van der Waals surface area contributed by atoms with Crippen LogP contribution in [0.5, 0.6) is 0 Å². The van der Waals surface area contributed by atoms with Crippen molar-refractivity contribution in [2.24, 2.45) is 5.92 Å². The Morgan fingerprint density at radius 3 is 2.29 bits per heavy atom. The van der Waals surface area contributed by atoms with Crippen LogP contribution in [0.3, 0.4) is 0 Å². The lowest BCUT2D eigenvalue weighted by molar-refractivity contribution is -0.138. The van der Waals surface area contributed by atoms with E-state index < -0.39 is 18.1 Å². The molecule has 34 heavy (non-hydrogen) atoms. The van der Waals surface area contributed by atoms with E-state index in [4.69, 9.17) is 9.84 Å². The fourth-order valence-corrected chi connectivity index (χ4v) is 5.32. The normalized spacial score (nSPS) is 19.7. The zero-order valence-corrected chi connectivity index (χ0v) is 19.5. The fraction of sp³-hybridized carbons (Fsp3) is 0.444. The second kappa shape index (κ2) is 10.7. The number of carbonyl (C=O) groups excluding carboxylic acids is 2. The Labute approximate surface area is 199 Å². The standard InChI is InChI=1S/C27H32N2O5/c1-2-8-24(26(32)28-23-14-7-9-17(23)15-25(30)31)29-27(33)34-16-22-20-12-5-3-10-18(20)19-11-4-6-13-21(19)22/h3-6,10-13,17,22-24H,2,7-9,14-16H2,1H3,(H,28,32)(H,29,33)(H,30,31)/t17-,23+,24+/m0/s1. The summed E-state index contributed by atoms with van der Waals surface area (Å²) < 4.78 is 5.60. The van der Waals surface area contributed by atoms with Crippen LogP contribution in [0.2, 0.25) is 0 Å². The number of amides is 2. The molecule has 0 radical (unpaired) electrons. The molecule has 0 aromatic heterocycles. The number of alkyl carbamates (subject to hydrolysis) is 1. The zero-order chi connectivity index (χ0) is 24.1. The van der Waals surface area contributed by atoms with E-state index in [2.05, 4.69) is 34.9 Å². The van der Waals surface area contributed by atoms with Crippen LogP contribution in [-0.4, -0.2) is 41.8 Å². The first-order valence-corrected chi connectivity index (χ1v) is 12.1. The summed E-state index contributed by atoms with van der Waals surface area (Å²) in [6.45, 7) is 2.13. The molecular formula is C27H32N2O5. The summed E-state index contributed by atoms with van der Waals surface area (Å²) in [4.78, 5) is 36.7. The van der Waals surface area contributed by atoms with Crippen LogP contribution in [-0.2, 0) is 14.3 Å². The van der Waals surface area contributed by atoms with Gasteiger partial charge in [-0.05, 0) is 47.4 Å². The Kier molecular flexibility index (Phi) is 7.50. The molecule has 0 aliphatic heterocycles. The maximum absolute atomic E-state index is 12.9. The van der Waals surface area contributed by atoms with Gasteiger partial charge in [0.1, 0.15) is 12.6 Å². The van der Waals surface area contributed by atoms with E-state index in [1.54, 1.807) is 0 Å². The molecule has 1 fully saturated rings. The number of carboxylic acids is 1. The molecule has 0 bridgehead atoms. The van der Waals surface area contributed by atoms with Gasteiger partial charge in [0.05, 0.1) is 6.42 Å². The average molecular weight is 465 g/mol. The first kappa shape index (κ1) is 23.8. The largest absolute Gasteiger partial charge is 0.481 e. The molecule has 7 nitrogen and oxygen atoms in total. The molecule has 2 aliphatic carbocycles. The summed E-state index contributed by atoms with van der Waals surface area (Å²) in [5.41, 5.74) is 4.57. The summed E-state index contributed by atoms with van der Waals surface area (Å²) >= 11 is 0. The van der Waals surface area contributed by atoms with Crippen molar-refractivity contribution in [1.29, 1.82) is 0 Å². The quantitative estimate of drug-likeness (QED) is 0.508. The molecule has 0 saturated heterocycles. The highest BCUT2D eigenvalue weighted by Gasteiger charge is 2.33. The number of fused-ring (bicyclic) bond motifs is 3. The lowest BCUT2D eigenvalue weighted by atomic mass is 9.98. The van der Waals surface area contributed by atoms with E-state index in [1.807, 2.05) is 31.2 Å². The summed E-state index contributed by atoms with van der Waals surface area (Å²) in [5.74, 6) is -1.25. The molecule has 2 amide bonds. The molecular weight excluding hydrogens is 432 g/mol. The van der Waals surface area contributed by atoms with Crippen LogP contribution in [0.15, 0.2) is 48.5 Å². The van der Waals surface area contributed by atoms with Gasteiger partial charge >= 0.3 is 12.1 Å². The van der Waals surface area contributed by atoms with Gasteiger partial charge in [-0.15, -0.1) is 0 Å². The number of nitrogens with one attached hydrogen (secondary N) is 2. The van der Waals surface area contributed by atoms with Crippen molar-refractivity contribution < 1.29 is 24.2 Å². The van der Waals surface area contributed by atoms with Crippen molar-refractivity contribution in [2.45, 2.75) is 63.5 Å². The molecule has 0 heterocycles. The molecule has 0 spiro atoms. The highest BCUT2D eigenvalue weighted by Crippen LogP contribution is 2.44. The number of hydrogen-bond acceptors (Lipinski definition) is 4. The van der Waals surface area contributed by atoms with Gasteiger partial charge in [0, 0.05) is 12.0 Å². The second-order valence-electron chi connectivity index (χ2n) is 9.22. The van der Waals surface area contributed by atoms with E-state index in [0.717, 1.165) is 41.5 Å². The number of aliphatic carboxylic acids is 1. The summed E-state index contributed by atoms with van der Waals surface area (Å²) in [7, 11) is 0. The third-order valence-electron chi connectivity index (χ3n) is 6.95. The number of carbonyl (C=O) groups is 3. The first-order chi connectivity index (χ1) is 16.5. The molecule has 7 heteroatoms. The minimum Gasteiger partial charge on any atom is -0.481 e. The number of rotatable bonds is 9. The van der Waals surface area contributed by atoms with Crippen LogP contribution in [0, 0.1) is 5.92 Å². The minimum atomic E-state index is -0.854. The van der Waals surface area contributed by atoms with E-state index in [0.29, 0.717) is 12.8 Å². The van der Waals surface area contributed by atoms with Gasteiger partial charge in [-0.25, -0.2) is 4.79 Å². The van der Waals surface area contributed by atoms with Crippen LogP contribution < -0.4 is 10.6 Å². The lowest BCUT2D eigenvalue weighted by Crippen LogP contribution is -2.50. The maximum atomic E-state index is 12.9. The van der Waals surface area contributed by atoms with Crippen molar-refractivity contribution in [1.82, 2.24) is 10.6 Å². The monoisotopic (exact) mass is 464 g/mol. The Hall–Kier alpha value is -3.35. The number of carboxylic acid groups (broad SMARTS) is 1. The Morgan fingerprint density at radius 2 is 1.68 bits per heavy atom. The van der Waals surface area contributed by atoms with Gasteiger partial charge in [-0.1, -0.05) is 68.3 Å². The van der Waals surface area contributed by atoms with Gasteiger partial charge in [0.2, 0.25) is 5.91 Å². The van der Waals surface area contributed by atoms with Crippen molar-refractivity contribution in [3.8, 4) is 11.1 Å². The minimum absolute atomic E-state index is 0.0448. The molecule has 0 unspecified atom stereocenters. The molecule has 2 aromatic carbocycles. The van der Waals surface area contributed by atoms with Crippen molar-refractivity contribution in [3.63, 3.8) is 0 Å². The Bertz CT molecular complexity index is 1010. The van der Waals surface area contributed by atoms with Crippen LogP contribution >= 0.6 is 0 Å². The summed E-state index contributed by atoms with van der Waals surface area (Å²) in [6.07, 6.45) is 3.05. The number of benzene rings is 2. The lowest BCUT2D eigenvalue weighted by Gasteiger charge is -2.24. The van der Waals surface area contributed by atoms with Crippen molar-refractivity contribution in [3.05, 3.63) is 59.7 Å². The fourth-order valence-electron chi connectivity index (χ4n) is 5.32. The summed E-state index contributed by atoms with van der Waals surface area (Å²) in [5, 5.41) is 14.8. The van der Waals surface area contributed by atoms with Crippen LogP contribution in [0.25, 0.3) is 11.1 Å². The average Bonchev–Trinajstić information content (AvgIpc) is 3.38. The molecule has 1 saturated carbocycles. The van der Waals surface area contributed by atoms with E-state index in [9.17, 15) is 14.4 Å². The third kappa shape index (κ3) is 5.24. The predicted octanol–water partition coefficient (Wildman–Crippen LogP) is 4.45. The van der Waals surface area contributed by atoms with E-state index in [1.165, 1.54) is 0 Å². The molecule has 3 N–H and O–H groups in total.